The van der Waals surface area contributed by atoms with E-state index < -0.39 is 11.8 Å². The van der Waals surface area contributed by atoms with Gasteiger partial charge in [0.25, 0.3) is 0 Å². The van der Waals surface area contributed by atoms with Crippen molar-refractivity contribution in [1.29, 1.82) is 0 Å². The lowest BCUT2D eigenvalue weighted by Crippen LogP contribution is -2.33. The lowest BCUT2D eigenvalue weighted by molar-refractivity contribution is -0.126. The number of nitrogens with one attached hydrogen (secondary N) is 1. The molecule has 1 aliphatic heterocycles. The van der Waals surface area contributed by atoms with Crippen molar-refractivity contribution in [3.05, 3.63) is 29.1 Å². The van der Waals surface area contributed by atoms with Crippen LogP contribution < -0.4 is 10.2 Å². The monoisotopic (exact) mass is 343 g/mol. The number of hydrogen-bond acceptors (Lipinski definition) is 7. The molecule has 24 heavy (non-hydrogen) atoms. The fourth-order valence-electron chi connectivity index (χ4n) is 2.95. The van der Waals surface area contributed by atoms with Crippen molar-refractivity contribution in [2.75, 3.05) is 16.8 Å². The second kappa shape index (κ2) is 5.38. The molecule has 3 heterocycles. The zero-order valence-corrected chi connectivity index (χ0v) is 13.8. The minimum atomic E-state index is -0.932. The average molecular weight is 343 g/mol. The first kappa shape index (κ1) is 14.8. The molecule has 2 aromatic heterocycles. The summed E-state index contributed by atoms with van der Waals surface area (Å²) in [7, 11) is 0. The van der Waals surface area contributed by atoms with Gasteiger partial charge in [-0.15, -0.1) is 10.2 Å². The molecule has 1 aliphatic rings. The maximum Gasteiger partial charge on any atom is 0.244 e. The zero-order valence-electron chi connectivity index (χ0n) is 12.9. The van der Waals surface area contributed by atoms with Gasteiger partial charge in [0.05, 0.1) is 5.69 Å². The summed E-state index contributed by atoms with van der Waals surface area (Å²) in [5.74, 6) is -1.08. The van der Waals surface area contributed by atoms with Gasteiger partial charge in [-0.05, 0) is 19.1 Å². The van der Waals surface area contributed by atoms with E-state index in [2.05, 4.69) is 20.5 Å². The summed E-state index contributed by atoms with van der Waals surface area (Å²) in [4.78, 5) is 31.2. The average Bonchev–Trinajstić information content (AvgIpc) is 3.21. The van der Waals surface area contributed by atoms with Crippen LogP contribution in [0.3, 0.4) is 0 Å². The summed E-state index contributed by atoms with van der Waals surface area (Å²) in [5, 5.41) is 10.5. The molecule has 9 heteroatoms. The van der Waals surface area contributed by atoms with E-state index in [1.165, 1.54) is 16.8 Å². The number of oxazole rings is 1. The largest absolute Gasteiger partial charge is 0.441 e. The lowest BCUT2D eigenvalue weighted by atomic mass is 9.99. The van der Waals surface area contributed by atoms with Gasteiger partial charge in [0, 0.05) is 19.0 Å². The van der Waals surface area contributed by atoms with Gasteiger partial charge in [0.1, 0.15) is 16.9 Å². The van der Waals surface area contributed by atoms with Crippen LogP contribution in [0, 0.1) is 6.92 Å². The Hall–Kier alpha value is -2.81. The van der Waals surface area contributed by atoms with Crippen LogP contribution >= 0.6 is 11.3 Å². The third kappa shape index (κ3) is 2.16. The second-order valence-electron chi connectivity index (χ2n) is 5.36. The van der Waals surface area contributed by atoms with Gasteiger partial charge in [-0.3, -0.25) is 14.9 Å². The molecule has 4 rings (SSSR count). The minimum Gasteiger partial charge on any atom is -0.441 e. The number of amides is 2. The van der Waals surface area contributed by atoms with E-state index in [4.69, 9.17) is 4.42 Å². The predicted molar refractivity (Wildman–Crippen MR) is 88.1 cm³/mol. The van der Waals surface area contributed by atoms with Gasteiger partial charge in [-0.1, -0.05) is 11.3 Å². The van der Waals surface area contributed by atoms with E-state index in [0.717, 1.165) is 0 Å². The SMILES string of the molecule is CCN1C(=O)C(C(=O)Nc2nncs2)c2cc3oc(C)nc3cc21. The summed E-state index contributed by atoms with van der Waals surface area (Å²) in [5.41, 5.74) is 4.06. The quantitative estimate of drug-likeness (QED) is 0.731. The highest BCUT2D eigenvalue weighted by Gasteiger charge is 2.42. The normalized spacial score (nSPS) is 16.7. The molecule has 0 saturated carbocycles. The predicted octanol–water partition coefficient (Wildman–Crippen LogP) is 2.08. The molecule has 1 atom stereocenters. The van der Waals surface area contributed by atoms with Crippen LogP contribution in [0.15, 0.2) is 22.1 Å². The molecule has 1 aromatic carbocycles. The smallest absolute Gasteiger partial charge is 0.244 e. The molecule has 1 N–H and O–H groups in total. The van der Waals surface area contributed by atoms with Crippen LogP contribution in [0.5, 0.6) is 0 Å². The van der Waals surface area contributed by atoms with Crippen molar-refractivity contribution in [1.82, 2.24) is 15.2 Å². The molecule has 8 nitrogen and oxygen atoms in total. The Morgan fingerprint density at radius 2 is 2.29 bits per heavy atom. The van der Waals surface area contributed by atoms with Crippen molar-refractivity contribution in [2.45, 2.75) is 19.8 Å². The third-order valence-corrected chi connectivity index (χ3v) is 4.53. The summed E-state index contributed by atoms with van der Waals surface area (Å²) in [6, 6.07) is 3.52. The highest BCUT2D eigenvalue weighted by Crippen LogP contribution is 2.40. The van der Waals surface area contributed by atoms with Gasteiger partial charge < -0.3 is 9.32 Å². The number of likely N-dealkylation sites (N-methyl/N-ethyl adjacent to an activating group) is 1. The van der Waals surface area contributed by atoms with E-state index in [1.54, 1.807) is 24.0 Å². The number of nitrogens with zero attached hydrogens (tertiary/aromatic N) is 4. The van der Waals surface area contributed by atoms with Crippen LogP contribution in [0.2, 0.25) is 0 Å². The van der Waals surface area contributed by atoms with Gasteiger partial charge in [0.15, 0.2) is 11.5 Å². The molecule has 3 aromatic rings. The molecular formula is C15H13N5O3S. The minimum absolute atomic E-state index is 0.265. The Bertz CT molecular complexity index is 950. The second-order valence-corrected chi connectivity index (χ2v) is 6.19. The number of hydrogen-bond donors (Lipinski definition) is 1. The summed E-state index contributed by atoms with van der Waals surface area (Å²) >= 11 is 1.20. The van der Waals surface area contributed by atoms with Crippen LogP contribution in [0.1, 0.15) is 24.3 Å². The van der Waals surface area contributed by atoms with Gasteiger partial charge in [0.2, 0.25) is 16.9 Å². The number of fused-ring (bicyclic) bond motifs is 2. The van der Waals surface area contributed by atoms with Crippen LogP contribution in [0.4, 0.5) is 10.8 Å². The molecule has 0 spiro atoms. The Morgan fingerprint density at radius 3 is 3.00 bits per heavy atom. The van der Waals surface area contributed by atoms with Crippen LogP contribution in [-0.2, 0) is 9.59 Å². The molecule has 2 amide bonds. The van der Waals surface area contributed by atoms with Crippen molar-refractivity contribution in [3.8, 4) is 0 Å². The molecule has 0 saturated heterocycles. The number of aromatic nitrogens is 3. The first-order valence-corrected chi connectivity index (χ1v) is 8.26. The lowest BCUT2D eigenvalue weighted by Gasteiger charge is -2.14. The highest BCUT2D eigenvalue weighted by atomic mass is 32.1. The van der Waals surface area contributed by atoms with Gasteiger partial charge in [-0.25, -0.2) is 4.98 Å². The van der Waals surface area contributed by atoms with E-state index >= 15 is 0 Å². The van der Waals surface area contributed by atoms with E-state index in [0.29, 0.717) is 39.9 Å². The number of benzene rings is 1. The Kier molecular flexibility index (Phi) is 3.31. The fourth-order valence-corrected chi connectivity index (χ4v) is 3.40. The standard InChI is InChI=1S/C15H13N5O3S/c1-3-20-10-5-9-11(23-7(2)17-9)4-8(10)12(14(20)22)13(21)18-15-19-16-6-24-15/h4-6,12H,3H2,1-2H3,(H,18,19,21). The summed E-state index contributed by atoms with van der Waals surface area (Å²) < 4.78 is 5.54. The summed E-state index contributed by atoms with van der Waals surface area (Å²) in [6.45, 7) is 4.09. The Labute approximate surface area is 140 Å². The van der Waals surface area contributed by atoms with Crippen molar-refractivity contribution in [3.63, 3.8) is 0 Å². The number of aryl methyl sites for hydroxylation is 1. The molecule has 0 aliphatic carbocycles. The zero-order chi connectivity index (χ0) is 16.8. The summed E-state index contributed by atoms with van der Waals surface area (Å²) in [6.07, 6.45) is 0. The number of anilines is 2. The molecule has 0 radical (unpaired) electrons. The van der Waals surface area contributed by atoms with Crippen molar-refractivity contribution in [2.24, 2.45) is 0 Å². The Balaban J connectivity index is 1.79. The molecule has 0 fully saturated rings. The number of carbonyl (C=O) groups is 2. The van der Waals surface area contributed by atoms with Gasteiger partial charge >= 0.3 is 0 Å². The molecular weight excluding hydrogens is 330 g/mol. The molecule has 0 bridgehead atoms. The maximum atomic E-state index is 12.7. The molecule has 1 unspecified atom stereocenters. The number of carbonyl (C=O) groups excluding carboxylic acids is 2. The Morgan fingerprint density at radius 1 is 1.46 bits per heavy atom. The van der Waals surface area contributed by atoms with Gasteiger partial charge in [-0.2, -0.15) is 0 Å². The highest BCUT2D eigenvalue weighted by molar-refractivity contribution is 7.13. The van der Waals surface area contributed by atoms with Crippen molar-refractivity contribution < 1.29 is 14.0 Å². The van der Waals surface area contributed by atoms with Crippen molar-refractivity contribution >= 4 is 45.1 Å². The first-order chi connectivity index (χ1) is 11.6. The topological polar surface area (TPSA) is 101 Å². The maximum absolute atomic E-state index is 12.7. The fraction of sp³-hybridized carbons (Fsp3) is 0.267. The van der Waals surface area contributed by atoms with Crippen LogP contribution in [-0.4, -0.2) is 33.5 Å². The first-order valence-electron chi connectivity index (χ1n) is 7.38. The number of rotatable bonds is 3. The van der Waals surface area contributed by atoms with E-state index in [-0.39, 0.29) is 5.91 Å². The van der Waals surface area contributed by atoms with Crippen LogP contribution in [0.25, 0.3) is 11.1 Å². The van der Waals surface area contributed by atoms with E-state index in [9.17, 15) is 9.59 Å². The third-order valence-electron chi connectivity index (χ3n) is 3.93. The van der Waals surface area contributed by atoms with E-state index in [1.807, 2.05) is 6.92 Å². The molecule has 122 valence electrons.